The van der Waals surface area contributed by atoms with Gasteiger partial charge in [-0.25, -0.2) is 4.98 Å². The van der Waals surface area contributed by atoms with E-state index in [4.69, 9.17) is 5.73 Å². The number of nitrogens with zero attached hydrogens (tertiary/aromatic N) is 1. The zero-order valence-corrected chi connectivity index (χ0v) is 8.95. The molecular weight excluding hydrogens is 224 g/mol. The summed E-state index contributed by atoms with van der Waals surface area (Å²) in [7, 11) is 0. The summed E-state index contributed by atoms with van der Waals surface area (Å²) in [6.45, 7) is 0. The maximum absolute atomic E-state index is 9.85. The molecule has 16 heavy (non-hydrogen) atoms. The molecule has 0 saturated carbocycles. The van der Waals surface area contributed by atoms with Gasteiger partial charge in [0.1, 0.15) is 4.70 Å². The Hall–Kier alpha value is -2.01. The molecule has 0 aliphatic rings. The van der Waals surface area contributed by atoms with Gasteiger partial charge >= 0.3 is 0 Å². The van der Waals surface area contributed by atoms with E-state index in [0.29, 0.717) is 20.7 Å². The third-order valence-corrected chi connectivity index (χ3v) is 3.41. The number of phenols is 2. The van der Waals surface area contributed by atoms with Crippen molar-refractivity contribution >= 4 is 37.5 Å². The molecule has 0 aliphatic heterocycles. The van der Waals surface area contributed by atoms with Crippen molar-refractivity contribution in [1.29, 1.82) is 0 Å². The van der Waals surface area contributed by atoms with Gasteiger partial charge in [-0.1, -0.05) is 35.6 Å². The summed E-state index contributed by atoms with van der Waals surface area (Å²) in [5, 5.41) is 21.4. The zero-order valence-electron chi connectivity index (χ0n) is 8.14. The van der Waals surface area contributed by atoms with Crippen LogP contribution in [0.25, 0.3) is 21.0 Å². The first-order valence-electron chi connectivity index (χ1n) is 4.67. The molecule has 0 amide bonds. The Balaban J connectivity index is 2.67. The Kier molecular flexibility index (Phi) is 1.73. The van der Waals surface area contributed by atoms with E-state index >= 15 is 0 Å². The number of phenolic OH excluding ortho intramolecular Hbond substituents is 2. The maximum Gasteiger partial charge on any atom is 0.181 e. The summed E-state index contributed by atoms with van der Waals surface area (Å²) in [5.74, 6) is -0.269. The number of aromatic hydroxyl groups is 2. The van der Waals surface area contributed by atoms with Gasteiger partial charge in [0.25, 0.3) is 0 Å². The monoisotopic (exact) mass is 232 g/mol. The van der Waals surface area contributed by atoms with Crippen LogP contribution in [0, 0.1) is 0 Å². The Bertz CT molecular complexity index is 706. The van der Waals surface area contributed by atoms with Gasteiger partial charge in [0.15, 0.2) is 16.6 Å². The second kappa shape index (κ2) is 2.99. The smallest absolute Gasteiger partial charge is 0.181 e. The molecule has 4 nitrogen and oxygen atoms in total. The number of aromatic nitrogens is 1. The molecule has 0 fully saturated rings. The van der Waals surface area contributed by atoms with Gasteiger partial charge in [-0.3, -0.25) is 0 Å². The van der Waals surface area contributed by atoms with Gasteiger partial charge in [-0.2, -0.15) is 0 Å². The van der Waals surface area contributed by atoms with E-state index in [1.54, 1.807) is 12.1 Å². The summed E-state index contributed by atoms with van der Waals surface area (Å²) < 4.78 is 0.522. The second-order valence-corrected chi connectivity index (χ2v) is 4.50. The molecule has 0 bridgehead atoms. The fourth-order valence-electron chi connectivity index (χ4n) is 1.81. The molecule has 1 heterocycles. The molecule has 0 unspecified atom stereocenters. The SMILES string of the molecule is Nc1nc2c(s1)c(O)c(O)c1ccccc12. The molecule has 0 aliphatic carbocycles. The maximum atomic E-state index is 9.85. The molecule has 2 aromatic carbocycles. The van der Waals surface area contributed by atoms with Gasteiger partial charge < -0.3 is 15.9 Å². The van der Waals surface area contributed by atoms with E-state index in [2.05, 4.69) is 4.98 Å². The van der Waals surface area contributed by atoms with Crippen LogP contribution in [-0.4, -0.2) is 15.2 Å². The highest BCUT2D eigenvalue weighted by atomic mass is 32.1. The minimum Gasteiger partial charge on any atom is -0.504 e. The number of hydrogen-bond acceptors (Lipinski definition) is 5. The molecule has 3 aromatic rings. The van der Waals surface area contributed by atoms with Gasteiger partial charge in [0, 0.05) is 10.8 Å². The number of thiazole rings is 1. The van der Waals surface area contributed by atoms with E-state index in [-0.39, 0.29) is 11.5 Å². The molecule has 5 heteroatoms. The molecule has 3 rings (SSSR count). The third kappa shape index (κ3) is 1.06. The van der Waals surface area contributed by atoms with E-state index < -0.39 is 0 Å². The largest absolute Gasteiger partial charge is 0.504 e. The van der Waals surface area contributed by atoms with Gasteiger partial charge in [-0.15, -0.1) is 0 Å². The van der Waals surface area contributed by atoms with Crippen molar-refractivity contribution in [2.75, 3.05) is 5.73 Å². The average Bonchev–Trinajstić information content (AvgIpc) is 2.68. The fraction of sp³-hybridized carbons (Fsp3) is 0. The Morgan fingerprint density at radius 3 is 2.50 bits per heavy atom. The molecule has 0 spiro atoms. The van der Waals surface area contributed by atoms with Crippen molar-refractivity contribution in [2.45, 2.75) is 0 Å². The summed E-state index contributed by atoms with van der Waals surface area (Å²) in [6, 6.07) is 7.23. The number of fused-ring (bicyclic) bond motifs is 3. The standard InChI is InChI=1S/C11H8N2O2S/c12-11-13-7-5-3-1-2-4-6(5)8(14)9(15)10(7)16-11/h1-4,14-15H,(H2,12,13). The Morgan fingerprint density at radius 2 is 1.75 bits per heavy atom. The van der Waals surface area contributed by atoms with Crippen molar-refractivity contribution < 1.29 is 10.2 Å². The first-order valence-corrected chi connectivity index (χ1v) is 5.49. The van der Waals surface area contributed by atoms with Crippen LogP contribution in [0.15, 0.2) is 24.3 Å². The van der Waals surface area contributed by atoms with Crippen molar-refractivity contribution in [1.82, 2.24) is 4.98 Å². The average molecular weight is 232 g/mol. The van der Waals surface area contributed by atoms with Gasteiger partial charge in [0.05, 0.1) is 5.52 Å². The Labute approximate surface area is 94.6 Å². The number of anilines is 1. The lowest BCUT2D eigenvalue weighted by Crippen LogP contribution is -1.81. The summed E-state index contributed by atoms with van der Waals surface area (Å²) >= 11 is 1.16. The van der Waals surface area contributed by atoms with Crippen LogP contribution in [0.3, 0.4) is 0 Å². The van der Waals surface area contributed by atoms with E-state index in [1.807, 2.05) is 12.1 Å². The summed E-state index contributed by atoms with van der Waals surface area (Å²) in [6.07, 6.45) is 0. The molecule has 80 valence electrons. The van der Waals surface area contributed by atoms with Crippen LogP contribution in [0.2, 0.25) is 0 Å². The summed E-state index contributed by atoms with van der Waals surface area (Å²) in [5.41, 5.74) is 6.25. The number of benzene rings is 2. The van der Waals surface area contributed by atoms with Crippen LogP contribution in [-0.2, 0) is 0 Å². The highest BCUT2D eigenvalue weighted by Gasteiger charge is 2.15. The van der Waals surface area contributed by atoms with E-state index in [0.717, 1.165) is 16.7 Å². The van der Waals surface area contributed by atoms with Crippen molar-refractivity contribution in [2.24, 2.45) is 0 Å². The zero-order chi connectivity index (χ0) is 11.3. The minimum absolute atomic E-state index is 0.119. The number of nitrogens with two attached hydrogens (primary N) is 1. The number of nitrogen functional groups attached to an aromatic ring is 1. The minimum atomic E-state index is -0.150. The molecule has 0 radical (unpaired) electrons. The van der Waals surface area contributed by atoms with Crippen LogP contribution in [0.5, 0.6) is 11.5 Å². The topological polar surface area (TPSA) is 79.4 Å². The molecule has 4 N–H and O–H groups in total. The highest BCUT2D eigenvalue weighted by molar-refractivity contribution is 7.22. The predicted molar refractivity (Wildman–Crippen MR) is 64.9 cm³/mol. The Morgan fingerprint density at radius 1 is 1.06 bits per heavy atom. The van der Waals surface area contributed by atoms with Crippen LogP contribution in [0.1, 0.15) is 0 Å². The second-order valence-electron chi connectivity index (χ2n) is 3.47. The first-order chi connectivity index (χ1) is 7.68. The summed E-state index contributed by atoms with van der Waals surface area (Å²) in [4.78, 5) is 4.17. The van der Waals surface area contributed by atoms with E-state index in [9.17, 15) is 10.2 Å². The first kappa shape index (κ1) is 9.23. The lowest BCUT2D eigenvalue weighted by molar-refractivity contribution is 0.413. The lowest BCUT2D eigenvalue weighted by Gasteiger charge is -2.04. The highest BCUT2D eigenvalue weighted by Crippen LogP contribution is 2.44. The van der Waals surface area contributed by atoms with Gasteiger partial charge in [-0.05, 0) is 0 Å². The van der Waals surface area contributed by atoms with Crippen LogP contribution in [0.4, 0.5) is 5.13 Å². The van der Waals surface area contributed by atoms with Crippen molar-refractivity contribution in [3.8, 4) is 11.5 Å². The fourth-order valence-corrected chi connectivity index (χ4v) is 2.60. The third-order valence-electron chi connectivity index (χ3n) is 2.52. The molecular formula is C11H8N2O2S. The number of rotatable bonds is 0. The van der Waals surface area contributed by atoms with E-state index in [1.165, 1.54) is 0 Å². The predicted octanol–water partition coefficient (Wildman–Crippen LogP) is 2.44. The quantitative estimate of drug-likeness (QED) is 0.520. The molecule has 0 saturated heterocycles. The molecule has 0 atom stereocenters. The van der Waals surface area contributed by atoms with Crippen molar-refractivity contribution in [3.63, 3.8) is 0 Å². The van der Waals surface area contributed by atoms with Crippen molar-refractivity contribution in [3.05, 3.63) is 24.3 Å². The molecule has 1 aromatic heterocycles. The number of hydrogen-bond donors (Lipinski definition) is 3. The van der Waals surface area contributed by atoms with Crippen LogP contribution < -0.4 is 5.73 Å². The lowest BCUT2D eigenvalue weighted by atomic mass is 10.1. The normalized spacial score (nSPS) is 11.2. The van der Waals surface area contributed by atoms with Crippen LogP contribution >= 0.6 is 11.3 Å². The van der Waals surface area contributed by atoms with Gasteiger partial charge in [0.2, 0.25) is 0 Å².